The van der Waals surface area contributed by atoms with Gasteiger partial charge in [0.1, 0.15) is 11.5 Å². The Labute approximate surface area is 227 Å². The summed E-state index contributed by atoms with van der Waals surface area (Å²) in [5, 5.41) is 1.32. The van der Waals surface area contributed by atoms with Gasteiger partial charge in [-0.15, -0.1) is 0 Å². The summed E-state index contributed by atoms with van der Waals surface area (Å²) in [6, 6.07) is 39.5. The molecule has 0 bridgehead atoms. The molecule has 0 saturated heterocycles. The fourth-order valence-corrected chi connectivity index (χ4v) is 7.21. The zero-order valence-electron chi connectivity index (χ0n) is 21.4. The molecule has 3 heteroatoms. The van der Waals surface area contributed by atoms with E-state index in [0.717, 1.165) is 24.3 Å². The van der Waals surface area contributed by atoms with Crippen LogP contribution in [-0.2, 0) is 6.42 Å². The second-order valence-corrected chi connectivity index (χ2v) is 10.7. The molecule has 182 valence electrons. The number of aromatic nitrogens is 1. The molecule has 6 aromatic rings. The van der Waals surface area contributed by atoms with Crippen LogP contribution in [0.25, 0.3) is 45.1 Å². The Morgan fingerprint density at radius 2 is 1.44 bits per heavy atom. The molecule has 0 radical (unpaired) electrons. The summed E-state index contributed by atoms with van der Waals surface area (Å²) < 4.78 is 9.14. The van der Waals surface area contributed by atoms with Gasteiger partial charge in [-0.1, -0.05) is 97.1 Å². The van der Waals surface area contributed by atoms with Crippen molar-refractivity contribution in [3.05, 3.63) is 126 Å². The minimum atomic E-state index is 0.139. The Bertz CT molecular complexity index is 1980. The molecular weight excluding hydrogens is 473 g/mol. The Morgan fingerprint density at radius 1 is 0.692 bits per heavy atom. The normalized spacial score (nSPS) is 14.0. The van der Waals surface area contributed by atoms with Gasteiger partial charge in [-0.2, -0.15) is 0 Å². The molecule has 0 fully saturated rings. The average Bonchev–Trinajstić information content (AvgIpc) is 3.34. The maximum atomic E-state index is 6.59. The van der Waals surface area contributed by atoms with E-state index in [4.69, 9.17) is 4.74 Å². The summed E-state index contributed by atoms with van der Waals surface area (Å²) in [5.74, 6) is 1.93. The van der Waals surface area contributed by atoms with Crippen molar-refractivity contribution in [2.24, 2.45) is 0 Å². The number of ether oxygens (including phenoxy) is 1. The molecule has 0 amide bonds. The van der Waals surface area contributed by atoms with Crippen LogP contribution in [0.5, 0.6) is 11.5 Å². The summed E-state index contributed by atoms with van der Waals surface area (Å²) in [6.45, 7) is 0.139. The van der Waals surface area contributed by atoms with Crippen molar-refractivity contribution in [2.45, 2.75) is 12.8 Å². The number of nitrogens with zero attached hydrogens (tertiary/aromatic N) is 1. The minimum Gasteiger partial charge on any atom is -0.458 e. The first-order chi connectivity index (χ1) is 19.4. The zero-order chi connectivity index (χ0) is 25.5. The topological polar surface area (TPSA) is 14.2 Å². The first-order valence-electron chi connectivity index (χ1n) is 13.8. The fraction of sp³-hybridized carbons (Fsp3) is 0.0556. The molecule has 1 aliphatic carbocycles. The summed E-state index contributed by atoms with van der Waals surface area (Å²) in [4.78, 5) is 0. The third-order valence-electron chi connectivity index (χ3n) is 8.72. The molecule has 2 aliphatic heterocycles. The van der Waals surface area contributed by atoms with Gasteiger partial charge in [-0.3, -0.25) is 0 Å². The summed E-state index contributed by atoms with van der Waals surface area (Å²) in [6.07, 6.45) is 6.80. The van der Waals surface area contributed by atoms with Crippen LogP contribution < -0.4 is 21.1 Å². The van der Waals surface area contributed by atoms with Crippen molar-refractivity contribution in [2.75, 3.05) is 0 Å². The second kappa shape index (κ2) is 7.88. The van der Waals surface area contributed by atoms with Crippen LogP contribution in [0.15, 0.2) is 115 Å². The standard InChI is InChI=1S/C36H24BNO/c1-3-12-23(13-4-1)32-27-22-25-16-7-8-17-26(25)33-36(27)38(35(32)24-14-5-2-6-15-24)29-19-11-21-31-34(29)37(33)28-18-9-10-20-30(28)39-31/h1-7,9-16,18-22H,8,17H2. The predicted molar refractivity (Wildman–Crippen MR) is 163 cm³/mol. The number of fused-ring (bicyclic) bond motifs is 6. The predicted octanol–water partition coefficient (Wildman–Crippen LogP) is 6.86. The number of hydrogen-bond donors (Lipinski definition) is 0. The highest BCUT2D eigenvalue weighted by atomic mass is 16.5. The van der Waals surface area contributed by atoms with Crippen LogP contribution in [0.2, 0.25) is 0 Å². The van der Waals surface area contributed by atoms with Gasteiger partial charge in [0.05, 0.1) is 5.69 Å². The van der Waals surface area contributed by atoms with Crippen molar-refractivity contribution >= 4 is 40.1 Å². The lowest BCUT2D eigenvalue weighted by Gasteiger charge is -2.35. The molecule has 39 heavy (non-hydrogen) atoms. The molecular formula is C36H24BNO. The van der Waals surface area contributed by atoms with Crippen LogP contribution >= 0.6 is 0 Å². The third-order valence-corrected chi connectivity index (χ3v) is 8.72. The molecule has 0 N–H and O–H groups in total. The van der Waals surface area contributed by atoms with Crippen molar-refractivity contribution in [3.63, 3.8) is 0 Å². The van der Waals surface area contributed by atoms with E-state index in [1.807, 2.05) is 0 Å². The molecule has 5 aromatic carbocycles. The van der Waals surface area contributed by atoms with Gasteiger partial charge >= 0.3 is 0 Å². The fourth-order valence-electron chi connectivity index (χ4n) is 7.21. The van der Waals surface area contributed by atoms with E-state index in [1.165, 1.54) is 66.5 Å². The van der Waals surface area contributed by atoms with Gasteiger partial charge in [0.25, 0.3) is 6.71 Å². The Hall–Kier alpha value is -4.76. The van der Waals surface area contributed by atoms with E-state index >= 15 is 0 Å². The van der Waals surface area contributed by atoms with E-state index < -0.39 is 0 Å². The van der Waals surface area contributed by atoms with Gasteiger partial charge < -0.3 is 9.30 Å². The first-order valence-corrected chi connectivity index (χ1v) is 13.8. The average molecular weight is 497 g/mol. The number of rotatable bonds is 2. The smallest absolute Gasteiger partial charge is 0.256 e. The van der Waals surface area contributed by atoms with Gasteiger partial charge in [0.2, 0.25) is 0 Å². The largest absolute Gasteiger partial charge is 0.458 e. The third kappa shape index (κ3) is 2.82. The summed E-state index contributed by atoms with van der Waals surface area (Å²) >= 11 is 0. The lowest BCUT2D eigenvalue weighted by Crippen LogP contribution is -2.59. The maximum Gasteiger partial charge on any atom is 0.256 e. The second-order valence-electron chi connectivity index (χ2n) is 10.7. The lowest BCUT2D eigenvalue weighted by atomic mass is 9.33. The number of allylic oxidation sites excluding steroid dienone is 1. The van der Waals surface area contributed by atoms with E-state index in [9.17, 15) is 0 Å². The van der Waals surface area contributed by atoms with Crippen LogP contribution in [0.4, 0.5) is 0 Å². The van der Waals surface area contributed by atoms with Crippen LogP contribution in [0.1, 0.15) is 17.5 Å². The van der Waals surface area contributed by atoms with Crippen LogP contribution in [0, 0.1) is 0 Å². The number of para-hydroxylation sites is 1. The molecule has 2 nitrogen and oxygen atoms in total. The quantitative estimate of drug-likeness (QED) is 0.238. The molecule has 0 spiro atoms. The zero-order valence-corrected chi connectivity index (χ0v) is 21.4. The lowest BCUT2D eigenvalue weighted by molar-refractivity contribution is 0.487. The van der Waals surface area contributed by atoms with E-state index in [-0.39, 0.29) is 6.71 Å². The van der Waals surface area contributed by atoms with Crippen molar-refractivity contribution < 1.29 is 4.74 Å². The SMILES string of the molecule is C1=Cc2cc3c(-c4ccccc4)c(-c4ccccc4)n4c3c(c2CC1)B1c2ccccc2Oc2cccc-4c21. The Kier molecular flexibility index (Phi) is 4.28. The molecule has 1 aromatic heterocycles. The highest BCUT2D eigenvalue weighted by Gasteiger charge is 2.43. The highest BCUT2D eigenvalue weighted by molar-refractivity contribution is 6.99. The molecule has 0 saturated carbocycles. The molecule has 0 atom stereocenters. The van der Waals surface area contributed by atoms with Crippen LogP contribution in [-0.4, -0.2) is 11.3 Å². The van der Waals surface area contributed by atoms with Crippen molar-refractivity contribution in [1.82, 2.24) is 4.57 Å². The van der Waals surface area contributed by atoms with Gasteiger partial charge in [0, 0.05) is 22.2 Å². The van der Waals surface area contributed by atoms with E-state index in [1.54, 1.807) is 0 Å². The Morgan fingerprint density at radius 3 is 2.28 bits per heavy atom. The van der Waals surface area contributed by atoms with Gasteiger partial charge in [0.15, 0.2) is 0 Å². The van der Waals surface area contributed by atoms with Crippen molar-refractivity contribution in [3.8, 4) is 39.6 Å². The summed E-state index contributed by atoms with van der Waals surface area (Å²) in [5.41, 5.74) is 14.4. The number of hydrogen-bond acceptors (Lipinski definition) is 1. The monoisotopic (exact) mass is 497 g/mol. The Balaban J connectivity index is 1.55. The first kappa shape index (κ1) is 21.2. The van der Waals surface area contributed by atoms with Crippen LogP contribution in [0.3, 0.4) is 0 Å². The molecule has 3 heterocycles. The summed E-state index contributed by atoms with van der Waals surface area (Å²) in [7, 11) is 0. The molecule has 9 rings (SSSR count). The highest BCUT2D eigenvalue weighted by Crippen LogP contribution is 2.46. The van der Waals surface area contributed by atoms with Crippen molar-refractivity contribution in [1.29, 1.82) is 0 Å². The maximum absolute atomic E-state index is 6.59. The molecule has 0 unspecified atom stereocenters. The van der Waals surface area contributed by atoms with Gasteiger partial charge in [-0.05, 0) is 75.7 Å². The van der Waals surface area contributed by atoms with Gasteiger partial charge in [-0.25, -0.2) is 0 Å². The number of benzene rings is 5. The van der Waals surface area contributed by atoms with E-state index in [0.29, 0.717) is 0 Å². The van der Waals surface area contributed by atoms with E-state index in [2.05, 4.69) is 126 Å². The minimum absolute atomic E-state index is 0.139. The molecule has 3 aliphatic rings.